The lowest BCUT2D eigenvalue weighted by Gasteiger charge is -2.33. The normalized spacial score (nSPS) is 20.0. The van der Waals surface area contributed by atoms with E-state index in [9.17, 15) is 8.42 Å². The predicted molar refractivity (Wildman–Crippen MR) is 72.5 cm³/mol. The molecule has 5 nitrogen and oxygen atoms in total. The van der Waals surface area contributed by atoms with Gasteiger partial charge >= 0.3 is 10.2 Å². The number of hydrogen-bond acceptors (Lipinski definition) is 3. The van der Waals surface area contributed by atoms with E-state index in [0.717, 1.165) is 5.56 Å². The van der Waals surface area contributed by atoms with Crippen molar-refractivity contribution in [3.8, 4) is 0 Å². The van der Waals surface area contributed by atoms with Crippen molar-refractivity contribution in [1.29, 1.82) is 0 Å². The quantitative estimate of drug-likeness (QED) is 0.864. The number of benzene rings is 1. The molecule has 0 spiro atoms. The predicted octanol–water partition coefficient (Wildman–Crippen LogP) is 1.14. The molecule has 1 aliphatic rings. The molecule has 0 fully saturated rings. The van der Waals surface area contributed by atoms with E-state index in [1.807, 2.05) is 18.2 Å². The molecule has 1 heterocycles. The Balaban J connectivity index is 2.40. The largest absolute Gasteiger partial charge is 0.324 e. The van der Waals surface area contributed by atoms with E-state index in [-0.39, 0.29) is 12.1 Å². The number of nitrogens with one attached hydrogen (secondary N) is 1. The standard InChI is InChI=1S/C12H19N3O2S/c1-9(2)14-18(16,17)15-8-7-11(13)10-5-3-4-6-12(10)15/h3-6,9,11,14H,7-8,13H2,1-2H3. The molecule has 0 aliphatic carbocycles. The van der Waals surface area contributed by atoms with Gasteiger partial charge in [-0.15, -0.1) is 0 Å². The van der Waals surface area contributed by atoms with E-state index in [4.69, 9.17) is 5.73 Å². The Morgan fingerprint density at radius 2 is 2.06 bits per heavy atom. The van der Waals surface area contributed by atoms with Crippen LogP contribution in [0, 0.1) is 0 Å². The highest BCUT2D eigenvalue weighted by atomic mass is 32.2. The molecular weight excluding hydrogens is 250 g/mol. The van der Waals surface area contributed by atoms with Crippen LogP contribution in [0.25, 0.3) is 0 Å². The van der Waals surface area contributed by atoms with E-state index in [1.54, 1.807) is 19.9 Å². The van der Waals surface area contributed by atoms with Crippen molar-refractivity contribution in [3.05, 3.63) is 29.8 Å². The van der Waals surface area contributed by atoms with Crippen LogP contribution in [0.3, 0.4) is 0 Å². The smallest absolute Gasteiger partial charge is 0.301 e. The van der Waals surface area contributed by atoms with Crippen molar-refractivity contribution in [2.75, 3.05) is 10.8 Å². The zero-order valence-electron chi connectivity index (χ0n) is 10.6. The SMILES string of the molecule is CC(C)NS(=O)(=O)N1CCC(N)c2ccccc21. The van der Waals surface area contributed by atoms with Gasteiger partial charge in [-0.25, -0.2) is 0 Å². The molecule has 1 aliphatic heterocycles. The molecule has 0 saturated carbocycles. The van der Waals surface area contributed by atoms with Gasteiger partial charge in [-0.3, -0.25) is 4.31 Å². The van der Waals surface area contributed by atoms with Crippen molar-refractivity contribution < 1.29 is 8.42 Å². The maximum absolute atomic E-state index is 12.2. The second-order valence-corrected chi connectivity index (χ2v) is 6.43. The lowest BCUT2D eigenvalue weighted by atomic mass is 9.99. The summed E-state index contributed by atoms with van der Waals surface area (Å²) < 4.78 is 28.5. The second-order valence-electron chi connectivity index (χ2n) is 4.80. The summed E-state index contributed by atoms with van der Waals surface area (Å²) in [5.74, 6) is 0. The molecule has 1 unspecified atom stereocenters. The van der Waals surface area contributed by atoms with Gasteiger partial charge in [0.1, 0.15) is 0 Å². The lowest BCUT2D eigenvalue weighted by molar-refractivity contribution is 0.552. The summed E-state index contributed by atoms with van der Waals surface area (Å²) in [6.07, 6.45) is 0.635. The monoisotopic (exact) mass is 269 g/mol. The third kappa shape index (κ3) is 2.50. The summed E-state index contributed by atoms with van der Waals surface area (Å²) in [6, 6.07) is 7.18. The van der Waals surface area contributed by atoms with Crippen LogP contribution < -0.4 is 14.8 Å². The fraction of sp³-hybridized carbons (Fsp3) is 0.500. The van der Waals surface area contributed by atoms with Crippen molar-refractivity contribution in [1.82, 2.24) is 4.72 Å². The van der Waals surface area contributed by atoms with Gasteiger partial charge in [0.2, 0.25) is 0 Å². The molecule has 100 valence electrons. The number of nitrogens with two attached hydrogens (primary N) is 1. The molecule has 6 heteroatoms. The first kappa shape index (κ1) is 13.3. The van der Waals surface area contributed by atoms with Crippen LogP contribution in [0.1, 0.15) is 31.9 Å². The lowest BCUT2D eigenvalue weighted by Crippen LogP contribution is -2.46. The Labute approximate surface area is 108 Å². The van der Waals surface area contributed by atoms with Crippen LogP contribution in [0.4, 0.5) is 5.69 Å². The maximum atomic E-state index is 12.2. The number of rotatable bonds is 3. The second kappa shape index (κ2) is 4.87. The van der Waals surface area contributed by atoms with Gasteiger partial charge in [-0.05, 0) is 31.9 Å². The topological polar surface area (TPSA) is 75.4 Å². The molecule has 0 saturated heterocycles. The summed E-state index contributed by atoms with van der Waals surface area (Å²) in [6.45, 7) is 4.03. The first-order valence-corrected chi connectivity index (χ1v) is 7.50. The molecule has 18 heavy (non-hydrogen) atoms. The fourth-order valence-corrected chi connectivity index (χ4v) is 3.67. The van der Waals surface area contributed by atoms with Gasteiger partial charge in [0.05, 0.1) is 5.69 Å². The molecule has 0 amide bonds. The van der Waals surface area contributed by atoms with Crippen LogP contribution in [-0.2, 0) is 10.2 Å². The summed E-state index contributed by atoms with van der Waals surface area (Å²) in [7, 11) is -3.49. The van der Waals surface area contributed by atoms with Crippen LogP contribution in [0.2, 0.25) is 0 Å². The molecular formula is C12H19N3O2S. The van der Waals surface area contributed by atoms with E-state index >= 15 is 0 Å². The number of hydrogen-bond donors (Lipinski definition) is 2. The van der Waals surface area contributed by atoms with E-state index < -0.39 is 10.2 Å². The van der Waals surface area contributed by atoms with Crippen LogP contribution >= 0.6 is 0 Å². The Kier molecular flexibility index (Phi) is 3.61. The minimum absolute atomic E-state index is 0.0910. The average Bonchev–Trinajstić information content (AvgIpc) is 2.27. The third-order valence-electron chi connectivity index (χ3n) is 2.92. The Bertz CT molecular complexity index is 528. The van der Waals surface area contributed by atoms with Crippen molar-refractivity contribution >= 4 is 15.9 Å². The van der Waals surface area contributed by atoms with Crippen molar-refractivity contribution in [2.45, 2.75) is 32.4 Å². The van der Waals surface area contributed by atoms with E-state index in [1.165, 1.54) is 4.31 Å². The van der Waals surface area contributed by atoms with Gasteiger partial charge in [-0.2, -0.15) is 13.1 Å². The maximum Gasteiger partial charge on any atom is 0.301 e. The fourth-order valence-electron chi connectivity index (χ4n) is 2.17. The highest BCUT2D eigenvalue weighted by Crippen LogP contribution is 2.33. The van der Waals surface area contributed by atoms with Gasteiger partial charge in [0, 0.05) is 18.6 Å². The molecule has 1 atom stereocenters. The Morgan fingerprint density at radius 1 is 1.39 bits per heavy atom. The average molecular weight is 269 g/mol. The Hall–Kier alpha value is -1.11. The molecule has 3 N–H and O–H groups in total. The van der Waals surface area contributed by atoms with Gasteiger partial charge in [0.15, 0.2) is 0 Å². The van der Waals surface area contributed by atoms with Crippen LogP contribution in [-0.4, -0.2) is 21.0 Å². The first-order chi connectivity index (χ1) is 8.42. The minimum atomic E-state index is -3.49. The zero-order valence-corrected chi connectivity index (χ0v) is 11.4. The highest BCUT2D eigenvalue weighted by molar-refractivity contribution is 7.90. The van der Waals surface area contributed by atoms with E-state index in [2.05, 4.69) is 4.72 Å². The molecule has 1 aromatic carbocycles. The van der Waals surface area contributed by atoms with Crippen LogP contribution in [0.15, 0.2) is 24.3 Å². The third-order valence-corrected chi connectivity index (χ3v) is 4.65. The van der Waals surface area contributed by atoms with Gasteiger partial charge in [0.25, 0.3) is 0 Å². The van der Waals surface area contributed by atoms with Crippen molar-refractivity contribution in [3.63, 3.8) is 0 Å². The van der Waals surface area contributed by atoms with Gasteiger partial charge < -0.3 is 5.73 Å². The molecule has 0 radical (unpaired) electrons. The highest BCUT2D eigenvalue weighted by Gasteiger charge is 2.30. The number of fused-ring (bicyclic) bond motifs is 1. The number of para-hydroxylation sites is 1. The van der Waals surface area contributed by atoms with Crippen molar-refractivity contribution in [2.24, 2.45) is 5.73 Å². The molecule has 0 aromatic heterocycles. The molecule has 2 rings (SSSR count). The minimum Gasteiger partial charge on any atom is -0.324 e. The summed E-state index contributed by atoms with van der Waals surface area (Å²) in [4.78, 5) is 0. The Morgan fingerprint density at radius 3 is 2.72 bits per heavy atom. The molecule has 0 bridgehead atoms. The van der Waals surface area contributed by atoms with E-state index in [0.29, 0.717) is 18.7 Å². The zero-order chi connectivity index (χ0) is 13.3. The van der Waals surface area contributed by atoms with Gasteiger partial charge in [-0.1, -0.05) is 18.2 Å². The summed E-state index contributed by atoms with van der Waals surface area (Å²) in [5, 5.41) is 0. The number of anilines is 1. The summed E-state index contributed by atoms with van der Waals surface area (Å²) >= 11 is 0. The first-order valence-electron chi connectivity index (χ1n) is 6.06. The number of nitrogens with zero attached hydrogens (tertiary/aromatic N) is 1. The van der Waals surface area contributed by atoms with Crippen LogP contribution in [0.5, 0.6) is 0 Å². The summed E-state index contributed by atoms with van der Waals surface area (Å²) in [5.41, 5.74) is 7.58. The molecule has 1 aromatic rings.